The third kappa shape index (κ3) is 1.97. The van der Waals surface area contributed by atoms with Crippen molar-refractivity contribution in [3.63, 3.8) is 0 Å². The van der Waals surface area contributed by atoms with Crippen LogP contribution >= 0.6 is 0 Å². The number of hydrogen-bond acceptors (Lipinski definition) is 3. The van der Waals surface area contributed by atoms with Gasteiger partial charge in [0.1, 0.15) is 11.6 Å². The number of hydrogen-bond donors (Lipinski definition) is 1. The number of carbonyl (C=O) groups is 1. The fourth-order valence-corrected chi connectivity index (χ4v) is 1.65. The Balaban J connectivity index is 2.18. The average Bonchev–Trinajstić information content (AvgIpc) is 2.61. The molecule has 1 atom stereocenters. The zero-order chi connectivity index (χ0) is 10.8. The Morgan fingerprint density at radius 2 is 2.40 bits per heavy atom. The van der Waals surface area contributed by atoms with Gasteiger partial charge in [-0.1, -0.05) is 0 Å². The van der Waals surface area contributed by atoms with Crippen molar-refractivity contribution < 1.29 is 14.3 Å². The van der Waals surface area contributed by atoms with E-state index in [1.165, 1.54) is 17.0 Å². The molecule has 0 aliphatic carbocycles. The van der Waals surface area contributed by atoms with E-state index in [9.17, 15) is 9.18 Å². The quantitative estimate of drug-likeness (QED) is 0.776. The molecule has 1 saturated heterocycles. The lowest BCUT2D eigenvalue weighted by Gasteiger charge is -2.14. The number of aromatic nitrogens is 1. The highest BCUT2D eigenvalue weighted by Crippen LogP contribution is 2.22. The Hall–Kier alpha value is -1.49. The van der Waals surface area contributed by atoms with Crippen molar-refractivity contribution in [2.45, 2.75) is 6.42 Å². The average molecular weight is 210 g/mol. The summed E-state index contributed by atoms with van der Waals surface area (Å²) in [6, 6.07) is 2.73. The molecule has 2 heterocycles. The first-order valence-electron chi connectivity index (χ1n) is 4.73. The summed E-state index contributed by atoms with van der Waals surface area (Å²) in [5.74, 6) is -0.0982. The molecule has 0 saturated carbocycles. The van der Waals surface area contributed by atoms with Crippen molar-refractivity contribution in [3.8, 4) is 0 Å². The number of amides is 1. The maximum Gasteiger partial charge on any atom is 0.228 e. The van der Waals surface area contributed by atoms with Crippen LogP contribution < -0.4 is 4.90 Å². The van der Waals surface area contributed by atoms with E-state index in [0.29, 0.717) is 18.8 Å². The lowest BCUT2D eigenvalue weighted by atomic mass is 10.1. The lowest BCUT2D eigenvalue weighted by molar-refractivity contribution is -0.117. The van der Waals surface area contributed by atoms with Crippen molar-refractivity contribution in [3.05, 3.63) is 24.1 Å². The van der Waals surface area contributed by atoms with Gasteiger partial charge >= 0.3 is 0 Å². The van der Waals surface area contributed by atoms with E-state index in [-0.39, 0.29) is 18.4 Å². The van der Waals surface area contributed by atoms with Gasteiger partial charge in [0.25, 0.3) is 0 Å². The summed E-state index contributed by atoms with van der Waals surface area (Å²) in [7, 11) is 0. The van der Waals surface area contributed by atoms with Gasteiger partial charge in [0.05, 0.1) is 6.20 Å². The van der Waals surface area contributed by atoms with Crippen molar-refractivity contribution in [2.24, 2.45) is 5.92 Å². The molecule has 1 fully saturated rings. The van der Waals surface area contributed by atoms with Gasteiger partial charge < -0.3 is 5.11 Å². The predicted octanol–water partition coefficient (Wildman–Crippen LogP) is 0.566. The molecule has 0 spiro atoms. The summed E-state index contributed by atoms with van der Waals surface area (Å²) >= 11 is 0. The van der Waals surface area contributed by atoms with Crippen LogP contribution in [-0.4, -0.2) is 29.1 Å². The lowest BCUT2D eigenvalue weighted by Crippen LogP contribution is -2.25. The van der Waals surface area contributed by atoms with Crippen molar-refractivity contribution >= 4 is 11.7 Å². The predicted molar refractivity (Wildman–Crippen MR) is 51.7 cm³/mol. The maximum atomic E-state index is 12.6. The highest BCUT2D eigenvalue weighted by Gasteiger charge is 2.30. The molecule has 4 nitrogen and oxygen atoms in total. The molecule has 0 radical (unpaired) electrons. The molecule has 80 valence electrons. The second-order valence-corrected chi connectivity index (χ2v) is 3.59. The fraction of sp³-hybridized carbons (Fsp3) is 0.400. The SMILES string of the molecule is O=C1CC(CO)CN1c1ccc(F)cn1. The van der Waals surface area contributed by atoms with Gasteiger partial charge in [-0.05, 0) is 12.1 Å². The first kappa shape index (κ1) is 10.0. The zero-order valence-electron chi connectivity index (χ0n) is 8.06. The van der Waals surface area contributed by atoms with Gasteiger partial charge in [0.15, 0.2) is 0 Å². The molecule has 0 aromatic carbocycles. The van der Waals surface area contributed by atoms with Crippen LogP contribution in [0, 0.1) is 11.7 Å². The van der Waals surface area contributed by atoms with Crippen LogP contribution in [0.25, 0.3) is 0 Å². The van der Waals surface area contributed by atoms with Gasteiger partial charge in [-0.25, -0.2) is 9.37 Å². The second kappa shape index (κ2) is 3.94. The number of aliphatic hydroxyl groups excluding tert-OH is 1. The molecule has 0 bridgehead atoms. The molecular weight excluding hydrogens is 199 g/mol. The molecule has 1 N–H and O–H groups in total. The number of nitrogens with zero attached hydrogens (tertiary/aromatic N) is 2. The van der Waals surface area contributed by atoms with E-state index >= 15 is 0 Å². The summed E-state index contributed by atoms with van der Waals surface area (Å²) in [6.45, 7) is 0.442. The number of carbonyl (C=O) groups excluding carboxylic acids is 1. The molecule has 1 aliphatic rings. The standard InChI is InChI=1S/C10H11FN2O2/c11-8-1-2-9(12-4-8)13-5-7(6-14)3-10(13)15/h1-2,4,7,14H,3,5-6H2. The molecule has 1 aromatic rings. The highest BCUT2D eigenvalue weighted by atomic mass is 19.1. The number of anilines is 1. The topological polar surface area (TPSA) is 53.4 Å². The third-order valence-electron chi connectivity index (χ3n) is 2.45. The Kier molecular flexibility index (Phi) is 2.64. The molecular formula is C10H11FN2O2. The van der Waals surface area contributed by atoms with Crippen molar-refractivity contribution in [1.82, 2.24) is 4.98 Å². The van der Waals surface area contributed by atoms with Gasteiger partial charge in [-0.15, -0.1) is 0 Å². The largest absolute Gasteiger partial charge is 0.396 e. The van der Waals surface area contributed by atoms with Gasteiger partial charge in [0.2, 0.25) is 5.91 Å². The Labute approximate surface area is 86.4 Å². The van der Waals surface area contributed by atoms with E-state index in [4.69, 9.17) is 5.11 Å². The number of rotatable bonds is 2. The summed E-state index contributed by atoms with van der Waals surface area (Å²) in [5.41, 5.74) is 0. The zero-order valence-corrected chi connectivity index (χ0v) is 8.06. The molecule has 1 aromatic heterocycles. The smallest absolute Gasteiger partial charge is 0.228 e. The Morgan fingerprint density at radius 1 is 1.60 bits per heavy atom. The minimum atomic E-state index is -0.427. The van der Waals surface area contributed by atoms with E-state index in [1.807, 2.05) is 0 Å². The van der Waals surface area contributed by atoms with E-state index < -0.39 is 5.82 Å². The first-order chi connectivity index (χ1) is 7.20. The number of halogens is 1. The first-order valence-corrected chi connectivity index (χ1v) is 4.73. The van der Waals surface area contributed by atoms with Crippen molar-refractivity contribution in [1.29, 1.82) is 0 Å². The van der Waals surface area contributed by atoms with Crippen LogP contribution in [-0.2, 0) is 4.79 Å². The molecule has 1 aliphatic heterocycles. The molecule has 2 rings (SSSR count). The molecule has 1 unspecified atom stereocenters. The van der Waals surface area contributed by atoms with Crippen LogP contribution in [0.15, 0.2) is 18.3 Å². The number of aliphatic hydroxyl groups is 1. The van der Waals surface area contributed by atoms with Gasteiger partial charge in [-0.2, -0.15) is 0 Å². The van der Waals surface area contributed by atoms with Crippen LogP contribution in [0.2, 0.25) is 0 Å². The number of pyridine rings is 1. The monoisotopic (exact) mass is 210 g/mol. The summed E-state index contributed by atoms with van der Waals surface area (Å²) in [5, 5.41) is 8.93. The van der Waals surface area contributed by atoms with E-state index in [1.54, 1.807) is 0 Å². The van der Waals surface area contributed by atoms with Crippen LogP contribution in [0.4, 0.5) is 10.2 Å². The van der Waals surface area contributed by atoms with Gasteiger partial charge in [-0.3, -0.25) is 9.69 Å². The molecule has 1 amide bonds. The van der Waals surface area contributed by atoms with Crippen LogP contribution in [0.3, 0.4) is 0 Å². The third-order valence-corrected chi connectivity index (χ3v) is 2.45. The summed E-state index contributed by atoms with van der Waals surface area (Å²) in [6.07, 6.45) is 1.41. The van der Waals surface area contributed by atoms with E-state index in [2.05, 4.69) is 4.98 Å². The Morgan fingerprint density at radius 3 is 2.93 bits per heavy atom. The van der Waals surface area contributed by atoms with E-state index in [0.717, 1.165) is 6.20 Å². The minimum absolute atomic E-state index is 0.0105. The maximum absolute atomic E-state index is 12.6. The fourth-order valence-electron chi connectivity index (χ4n) is 1.65. The van der Waals surface area contributed by atoms with Crippen LogP contribution in [0.5, 0.6) is 0 Å². The Bertz CT molecular complexity index is 366. The highest BCUT2D eigenvalue weighted by molar-refractivity contribution is 5.94. The van der Waals surface area contributed by atoms with Crippen molar-refractivity contribution in [2.75, 3.05) is 18.1 Å². The normalized spacial score (nSPS) is 21.1. The summed E-state index contributed by atoms with van der Waals surface area (Å²) in [4.78, 5) is 16.8. The second-order valence-electron chi connectivity index (χ2n) is 3.59. The van der Waals surface area contributed by atoms with Gasteiger partial charge in [0, 0.05) is 25.5 Å². The molecule has 5 heteroatoms. The molecule has 15 heavy (non-hydrogen) atoms. The minimum Gasteiger partial charge on any atom is -0.396 e. The summed E-state index contributed by atoms with van der Waals surface area (Å²) < 4.78 is 12.6. The van der Waals surface area contributed by atoms with Crippen LogP contribution in [0.1, 0.15) is 6.42 Å².